The van der Waals surface area contributed by atoms with Gasteiger partial charge in [-0.2, -0.15) is 4.31 Å². The van der Waals surface area contributed by atoms with E-state index in [0.29, 0.717) is 6.42 Å². The van der Waals surface area contributed by atoms with Gasteiger partial charge in [0.05, 0.1) is 24.2 Å². The fourth-order valence-electron chi connectivity index (χ4n) is 2.05. The van der Waals surface area contributed by atoms with Gasteiger partial charge in [-0.1, -0.05) is 0 Å². The van der Waals surface area contributed by atoms with E-state index in [1.807, 2.05) is 0 Å². The Morgan fingerprint density at radius 2 is 2.20 bits per heavy atom. The summed E-state index contributed by atoms with van der Waals surface area (Å²) in [6, 6.07) is 3.57. The molecular formula is C11H14N2O6S. The third-order valence-electron chi connectivity index (χ3n) is 3.11. The number of hydrogen-bond donors (Lipinski definition) is 1. The molecule has 0 aliphatic carbocycles. The van der Waals surface area contributed by atoms with Crippen LogP contribution in [0.1, 0.15) is 6.42 Å². The summed E-state index contributed by atoms with van der Waals surface area (Å²) in [6.45, 7) is 0.0954. The lowest BCUT2D eigenvalue weighted by atomic mass is 10.3. The lowest BCUT2D eigenvalue weighted by Crippen LogP contribution is -2.30. The van der Waals surface area contributed by atoms with E-state index in [1.165, 1.54) is 13.2 Å². The van der Waals surface area contributed by atoms with Gasteiger partial charge in [0.2, 0.25) is 10.0 Å². The molecule has 0 amide bonds. The number of aliphatic hydroxyl groups excluding tert-OH is 1. The fourth-order valence-corrected chi connectivity index (χ4v) is 3.68. The molecule has 9 heteroatoms. The number of sulfonamides is 1. The molecule has 110 valence electrons. The SMILES string of the molecule is COc1ccc(S(=O)(=O)N2CC[C@@H](O)C2)c([N+](=O)[O-])c1. The number of aliphatic hydroxyl groups is 1. The minimum Gasteiger partial charge on any atom is -0.497 e. The van der Waals surface area contributed by atoms with Crippen molar-refractivity contribution < 1.29 is 23.2 Å². The zero-order valence-corrected chi connectivity index (χ0v) is 11.5. The van der Waals surface area contributed by atoms with Gasteiger partial charge in [0, 0.05) is 13.1 Å². The van der Waals surface area contributed by atoms with Gasteiger partial charge in [-0.05, 0) is 18.6 Å². The van der Waals surface area contributed by atoms with E-state index in [2.05, 4.69) is 0 Å². The predicted octanol–water partition coefficient (Wildman–Crippen LogP) is 0.359. The summed E-state index contributed by atoms with van der Waals surface area (Å²) in [5, 5.41) is 20.4. The van der Waals surface area contributed by atoms with E-state index in [4.69, 9.17) is 4.74 Å². The number of benzene rings is 1. The van der Waals surface area contributed by atoms with E-state index < -0.39 is 31.6 Å². The van der Waals surface area contributed by atoms with E-state index >= 15 is 0 Å². The van der Waals surface area contributed by atoms with Gasteiger partial charge in [0.25, 0.3) is 5.69 Å². The van der Waals surface area contributed by atoms with Crippen LogP contribution in [-0.4, -0.2) is 49.1 Å². The van der Waals surface area contributed by atoms with Gasteiger partial charge < -0.3 is 9.84 Å². The van der Waals surface area contributed by atoms with Crippen LogP contribution in [0.4, 0.5) is 5.69 Å². The lowest BCUT2D eigenvalue weighted by molar-refractivity contribution is -0.387. The molecule has 1 saturated heterocycles. The van der Waals surface area contributed by atoms with Crippen molar-refractivity contribution >= 4 is 15.7 Å². The molecule has 0 spiro atoms. The Kier molecular flexibility index (Phi) is 3.93. The van der Waals surface area contributed by atoms with Crippen LogP contribution in [0.2, 0.25) is 0 Å². The maximum absolute atomic E-state index is 12.4. The van der Waals surface area contributed by atoms with Gasteiger partial charge in [0.1, 0.15) is 5.75 Å². The van der Waals surface area contributed by atoms with Crippen molar-refractivity contribution in [2.45, 2.75) is 17.4 Å². The Hall–Kier alpha value is -1.71. The zero-order valence-electron chi connectivity index (χ0n) is 10.7. The second kappa shape index (κ2) is 5.35. The standard InChI is InChI=1S/C11H14N2O6S/c1-19-9-2-3-11(10(6-9)13(15)16)20(17,18)12-5-4-8(14)7-12/h2-3,6,8,14H,4-5,7H2,1H3/t8-/m1/s1. The predicted molar refractivity (Wildman–Crippen MR) is 69.0 cm³/mol. The van der Waals surface area contributed by atoms with Crippen LogP contribution in [0.3, 0.4) is 0 Å². The molecule has 1 aromatic carbocycles. The summed E-state index contributed by atoms with van der Waals surface area (Å²) < 4.78 is 30.7. The number of nitrogens with zero attached hydrogens (tertiary/aromatic N) is 2. The molecule has 1 fully saturated rings. The van der Waals surface area contributed by atoms with Crippen LogP contribution in [0.25, 0.3) is 0 Å². The molecule has 1 heterocycles. The number of nitro benzene ring substituents is 1. The van der Waals surface area contributed by atoms with Gasteiger partial charge in [-0.3, -0.25) is 10.1 Å². The fraction of sp³-hybridized carbons (Fsp3) is 0.455. The highest BCUT2D eigenvalue weighted by atomic mass is 32.2. The highest BCUT2D eigenvalue weighted by Crippen LogP contribution is 2.31. The van der Waals surface area contributed by atoms with Gasteiger partial charge >= 0.3 is 0 Å². The largest absolute Gasteiger partial charge is 0.497 e. The Morgan fingerprint density at radius 3 is 2.70 bits per heavy atom. The van der Waals surface area contributed by atoms with Crippen LogP contribution in [0.15, 0.2) is 23.1 Å². The van der Waals surface area contributed by atoms with Gasteiger partial charge in [-0.15, -0.1) is 0 Å². The van der Waals surface area contributed by atoms with Crippen molar-refractivity contribution in [2.75, 3.05) is 20.2 Å². The summed E-state index contributed by atoms with van der Waals surface area (Å²) in [7, 11) is -2.66. The average Bonchev–Trinajstić information content (AvgIpc) is 2.85. The molecule has 2 rings (SSSR count). The van der Waals surface area contributed by atoms with Crippen molar-refractivity contribution in [3.05, 3.63) is 28.3 Å². The first kappa shape index (κ1) is 14.7. The van der Waals surface area contributed by atoms with Crippen molar-refractivity contribution in [3.63, 3.8) is 0 Å². The number of ether oxygens (including phenoxy) is 1. The average molecular weight is 302 g/mol. The first-order valence-corrected chi connectivity index (χ1v) is 7.31. The minimum absolute atomic E-state index is 0.0501. The molecule has 1 aliphatic heterocycles. The molecule has 1 N–H and O–H groups in total. The second-order valence-electron chi connectivity index (χ2n) is 4.40. The number of hydrogen-bond acceptors (Lipinski definition) is 6. The highest BCUT2D eigenvalue weighted by molar-refractivity contribution is 7.89. The molecule has 0 radical (unpaired) electrons. The maximum Gasteiger partial charge on any atom is 0.293 e. The van der Waals surface area contributed by atoms with Crippen LogP contribution in [0.5, 0.6) is 5.75 Å². The molecule has 0 aromatic heterocycles. The van der Waals surface area contributed by atoms with Crippen LogP contribution in [0, 0.1) is 10.1 Å². The van der Waals surface area contributed by atoms with Crippen molar-refractivity contribution in [1.82, 2.24) is 4.31 Å². The van der Waals surface area contributed by atoms with E-state index in [1.54, 1.807) is 0 Å². The summed E-state index contributed by atoms with van der Waals surface area (Å²) in [5.41, 5.74) is -0.536. The molecular weight excluding hydrogens is 288 g/mol. The smallest absolute Gasteiger partial charge is 0.293 e. The zero-order chi connectivity index (χ0) is 14.9. The molecule has 20 heavy (non-hydrogen) atoms. The summed E-state index contributed by atoms with van der Waals surface area (Å²) >= 11 is 0. The van der Waals surface area contributed by atoms with Gasteiger partial charge in [0.15, 0.2) is 4.90 Å². The molecule has 1 atom stereocenters. The number of β-amino-alcohol motifs (C(OH)–C–C–N with tert-alkyl or cyclic N) is 1. The maximum atomic E-state index is 12.4. The van der Waals surface area contributed by atoms with E-state index in [9.17, 15) is 23.6 Å². The lowest BCUT2D eigenvalue weighted by Gasteiger charge is -2.15. The Balaban J connectivity index is 2.48. The second-order valence-corrected chi connectivity index (χ2v) is 6.30. The third kappa shape index (κ3) is 2.60. The summed E-state index contributed by atoms with van der Waals surface area (Å²) in [6.07, 6.45) is -0.412. The first-order valence-electron chi connectivity index (χ1n) is 5.87. The minimum atomic E-state index is -4.00. The summed E-state index contributed by atoms with van der Waals surface area (Å²) in [4.78, 5) is 9.88. The third-order valence-corrected chi connectivity index (χ3v) is 5.02. The van der Waals surface area contributed by atoms with Crippen LogP contribution >= 0.6 is 0 Å². The highest BCUT2D eigenvalue weighted by Gasteiger charge is 2.36. The Morgan fingerprint density at radius 1 is 1.50 bits per heavy atom. The monoisotopic (exact) mass is 302 g/mol. The number of nitro groups is 1. The molecule has 8 nitrogen and oxygen atoms in total. The van der Waals surface area contributed by atoms with Crippen LogP contribution < -0.4 is 4.74 Å². The molecule has 1 aliphatic rings. The normalized spacial score (nSPS) is 20.0. The van der Waals surface area contributed by atoms with Crippen molar-refractivity contribution in [1.29, 1.82) is 0 Å². The molecule has 1 aromatic rings. The summed E-state index contributed by atoms with van der Waals surface area (Å²) in [5.74, 6) is 0.206. The quantitative estimate of drug-likeness (QED) is 0.635. The van der Waals surface area contributed by atoms with Gasteiger partial charge in [-0.25, -0.2) is 8.42 Å². The van der Waals surface area contributed by atoms with E-state index in [0.717, 1.165) is 16.4 Å². The first-order chi connectivity index (χ1) is 9.36. The molecule has 0 saturated carbocycles. The van der Waals surface area contributed by atoms with Crippen molar-refractivity contribution in [3.8, 4) is 5.75 Å². The van der Waals surface area contributed by atoms with Crippen LogP contribution in [-0.2, 0) is 10.0 Å². The number of methoxy groups -OCH3 is 1. The van der Waals surface area contributed by atoms with Crippen molar-refractivity contribution in [2.24, 2.45) is 0 Å². The topological polar surface area (TPSA) is 110 Å². The Bertz CT molecular complexity index is 630. The number of rotatable bonds is 4. The van der Waals surface area contributed by atoms with E-state index in [-0.39, 0.29) is 18.8 Å². The molecule has 0 unspecified atom stereocenters. The molecule has 0 bridgehead atoms. The Labute approximate surface area is 115 Å².